The summed E-state index contributed by atoms with van der Waals surface area (Å²) in [7, 11) is 1.62. The van der Waals surface area contributed by atoms with Gasteiger partial charge in [0, 0.05) is 12.1 Å². The van der Waals surface area contributed by atoms with Gasteiger partial charge in [-0.1, -0.05) is 6.92 Å². The molecular weight excluding hydrogens is 386 g/mol. The molecule has 30 heavy (non-hydrogen) atoms. The van der Waals surface area contributed by atoms with Gasteiger partial charge in [-0.05, 0) is 44.5 Å². The van der Waals surface area contributed by atoms with E-state index < -0.39 is 5.97 Å². The highest BCUT2D eigenvalue weighted by Crippen LogP contribution is 2.31. The van der Waals surface area contributed by atoms with Crippen molar-refractivity contribution in [3.63, 3.8) is 0 Å². The number of carbonyl (C=O) groups is 1. The van der Waals surface area contributed by atoms with Crippen LogP contribution < -0.4 is 10.1 Å². The first-order valence-corrected chi connectivity index (χ1v) is 9.82. The minimum atomic E-state index is -0.464. The molecular formula is C21H23N5O4. The van der Waals surface area contributed by atoms with E-state index in [1.807, 2.05) is 28.7 Å². The number of carbonyl (C=O) groups excluding carboxylic acids is 1. The summed E-state index contributed by atoms with van der Waals surface area (Å²) in [5.74, 6) is 1.96. The fourth-order valence-corrected chi connectivity index (χ4v) is 3.39. The maximum atomic E-state index is 12.6. The molecule has 0 atom stereocenters. The molecule has 1 N–H and O–H groups in total. The molecule has 9 nitrogen and oxygen atoms in total. The van der Waals surface area contributed by atoms with Crippen LogP contribution in [-0.4, -0.2) is 39.3 Å². The lowest BCUT2D eigenvalue weighted by Crippen LogP contribution is -2.08. The molecule has 0 fully saturated rings. The van der Waals surface area contributed by atoms with Crippen molar-refractivity contribution in [2.45, 2.75) is 33.6 Å². The van der Waals surface area contributed by atoms with E-state index >= 15 is 0 Å². The van der Waals surface area contributed by atoms with E-state index in [4.69, 9.17) is 13.9 Å². The number of fused-ring (bicyclic) bond motifs is 3. The van der Waals surface area contributed by atoms with Crippen LogP contribution in [0.2, 0.25) is 0 Å². The Morgan fingerprint density at radius 3 is 2.63 bits per heavy atom. The number of nitrogens with one attached hydrogen (secondary N) is 1. The van der Waals surface area contributed by atoms with Gasteiger partial charge in [0.1, 0.15) is 28.3 Å². The van der Waals surface area contributed by atoms with Gasteiger partial charge < -0.3 is 19.2 Å². The average molecular weight is 409 g/mol. The second kappa shape index (κ2) is 8.02. The number of rotatable bonds is 7. The number of hydrogen-bond acceptors (Lipinski definition) is 8. The Morgan fingerprint density at radius 1 is 1.20 bits per heavy atom. The van der Waals surface area contributed by atoms with E-state index in [0.29, 0.717) is 40.4 Å². The Morgan fingerprint density at radius 2 is 1.97 bits per heavy atom. The Bertz CT molecular complexity index is 1210. The summed E-state index contributed by atoms with van der Waals surface area (Å²) >= 11 is 0. The Kier molecular flexibility index (Phi) is 5.26. The summed E-state index contributed by atoms with van der Waals surface area (Å²) in [5, 5.41) is 12.5. The van der Waals surface area contributed by atoms with Gasteiger partial charge >= 0.3 is 5.97 Å². The normalized spacial score (nSPS) is 11.2. The largest absolute Gasteiger partial charge is 0.497 e. The van der Waals surface area contributed by atoms with Crippen molar-refractivity contribution in [2.75, 3.05) is 19.0 Å². The minimum absolute atomic E-state index is 0.263. The highest BCUT2D eigenvalue weighted by molar-refractivity contribution is 6.09. The lowest BCUT2D eigenvalue weighted by Gasteiger charge is -2.10. The van der Waals surface area contributed by atoms with Crippen molar-refractivity contribution in [2.24, 2.45) is 0 Å². The van der Waals surface area contributed by atoms with Crippen molar-refractivity contribution in [3.05, 3.63) is 41.4 Å². The van der Waals surface area contributed by atoms with E-state index in [9.17, 15) is 4.79 Å². The lowest BCUT2D eigenvalue weighted by atomic mass is 10.2. The van der Waals surface area contributed by atoms with Crippen molar-refractivity contribution in [1.82, 2.24) is 19.6 Å². The number of methoxy groups -OCH3 is 1. The molecule has 0 radical (unpaired) electrons. The first kappa shape index (κ1) is 19.7. The van der Waals surface area contributed by atoms with Crippen LogP contribution in [0, 0.1) is 6.92 Å². The van der Waals surface area contributed by atoms with Crippen LogP contribution in [0.4, 0.5) is 11.6 Å². The molecule has 3 heterocycles. The van der Waals surface area contributed by atoms with Gasteiger partial charge in [-0.2, -0.15) is 4.98 Å². The maximum absolute atomic E-state index is 12.6. The van der Waals surface area contributed by atoms with Crippen LogP contribution in [0.3, 0.4) is 0 Å². The number of aryl methyl sites for hydroxylation is 2. The fraction of sp³-hybridized carbons (Fsp3) is 0.333. The molecule has 0 saturated carbocycles. The molecule has 156 valence electrons. The molecule has 0 saturated heterocycles. The summed E-state index contributed by atoms with van der Waals surface area (Å²) < 4.78 is 18.1. The van der Waals surface area contributed by atoms with Crippen molar-refractivity contribution in [3.8, 4) is 5.75 Å². The average Bonchev–Trinajstić information content (AvgIpc) is 3.29. The number of benzene rings is 1. The predicted molar refractivity (Wildman–Crippen MR) is 112 cm³/mol. The molecule has 4 rings (SSSR count). The number of furan rings is 1. The predicted octanol–water partition coefficient (Wildman–Crippen LogP) is 4.06. The first-order valence-electron chi connectivity index (χ1n) is 9.82. The van der Waals surface area contributed by atoms with Gasteiger partial charge in [0.15, 0.2) is 5.65 Å². The molecule has 0 spiro atoms. The van der Waals surface area contributed by atoms with Crippen molar-refractivity contribution in [1.29, 1.82) is 0 Å². The zero-order valence-electron chi connectivity index (χ0n) is 17.4. The van der Waals surface area contributed by atoms with Crippen LogP contribution in [-0.2, 0) is 11.2 Å². The number of esters is 1. The molecule has 0 aliphatic carbocycles. The Labute approximate surface area is 173 Å². The van der Waals surface area contributed by atoms with Crippen molar-refractivity contribution >= 4 is 34.4 Å². The quantitative estimate of drug-likeness (QED) is 0.456. The third kappa shape index (κ3) is 3.32. The molecule has 0 aliphatic heterocycles. The summed E-state index contributed by atoms with van der Waals surface area (Å²) in [6.07, 6.45) is 1.59. The minimum Gasteiger partial charge on any atom is -0.497 e. The van der Waals surface area contributed by atoms with Gasteiger partial charge in [-0.25, -0.2) is 9.20 Å². The molecule has 9 heteroatoms. The van der Waals surface area contributed by atoms with Gasteiger partial charge in [-0.3, -0.25) is 0 Å². The van der Waals surface area contributed by atoms with E-state index in [2.05, 4.69) is 27.4 Å². The summed E-state index contributed by atoms with van der Waals surface area (Å²) in [6.45, 7) is 5.80. The first-order chi connectivity index (χ1) is 14.6. The van der Waals surface area contributed by atoms with Gasteiger partial charge in [0.25, 0.3) is 0 Å². The molecule has 3 aromatic heterocycles. The second-order valence-corrected chi connectivity index (χ2v) is 6.75. The second-order valence-electron chi connectivity index (χ2n) is 6.75. The highest BCUT2D eigenvalue weighted by atomic mass is 16.5. The monoisotopic (exact) mass is 409 g/mol. The van der Waals surface area contributed by atoms with Crippen LogP contribution in [0.25, 0.3) is 16.7 Å². The van der Waals surface area contributed by atoms with Crippen LogP contribution >= 0.6 is 0 Å². The molecule has 0 unspecified atom stereocenters. The smallest absolute Gasteiger partial charge is 0.342 e. The summed E-state index contributed by atoms with van der Waals surface area (Å²) in [4.78, 5) is 17.2. The molecule has 0 aliphatic rings. The molecule has 4 aromatic rings. The Balaban J connectivity index is 1.92. The van der Waals surface area contributed by atoms with Gasteiger partial charge in [-0.15, -0.1) is 10.2 Å². The molecule has 1 aromatic carbocycles. The number of hydrogen-bond donors (Lipinski definition) is 1. The number of nitrogens with zero attached hydrogens (tertiary/aromatic N) is 4. The zero-order chi connectivity index (χ0) is 21.3. The summed E-state index contributed by atoms with van der Waals surface area (Å²) in [5.41, 5.74) is 1.94. The van der Waals surface area contributed by atoms with E-state index in [1.165, 1.54) is 0 Å². The lowest BCUT2D eigenvalue weighted by molar-refractivity contribution is 0.0526. The third-order valence-electron chi connectivity index (χ3n) is 4.74. The van der Waals surface area contributed by atoms with Crippen molar-refractivity contribution < 1.29 is 18.7 Å². The zero-order valence-corrected chi connectivity index (χ0v) is 17.4. The SMILES string of the molecule is CCCc1nnc2c3c(C(=O)OCC)c(C)oc3nc(Nc3ccc(OC)cc3)n12. The third-order valence-corrected chi connectivity index (χ3v) is 4.74. The van der Waals surface area contributed by atoms with Crippen LogP contribution in [0.1, 0.15) is 42.2 Å². The number of ether oxygens (including phenoxy) is 2. The molecule has 0 amide bonds. The maximum Gasteiger partial charge on any atom is 0.342 e. The topological polar surface area (TPSA) is 104 Å². The van der Waals surface area contributed by atoms with Crippen LogP contribution in [0.5, 0.6) is 5.75 Å². The fourth-order valence-electron chi connectivity index (χ4n) is 3.39. The number of aromatic nitrogens is 4. The summed E-state index contributed by atoms with van der Waals surface area (Å²) in [6, 6.07) is 7.48. The molecule has 0 bridgehead atoms. The highest BCUT2D eigenvalue weighted by Gasteiger charge is 2.26. The Hall–Kier alpha value is -3.62. The number of anilines is 2. The van der Waals surface area contributed by atoms with E-state index in [0.717, 1.165) is 23.7 Å². The van der Waals surface area contributed by atoms with Crippen LogP contribution in [0.15, 0.2) is 28.7 Å². The van der Waals surface area contributed by atoms with E-state index in [-0.39, 0.29) is 6.61 Å². The van der Waals surface area contributed by atoms with Gasteiger partial charge in [0.05, 0.1) is 13.7 Å². The standard InChI is InChI=1S/C21H23N5O4/c1-5-7-15-24-25-18-17-16(20(27)29-6-2)12(3)30-19(17)23-21(26(15)18)22-13-8-10-14(28-4)11-9-13/h8-11H,5-7H2,1-4H3,(H,22,23). The van der Waals surface area contributed by atoms with Gasteiger partial charge in [0.2, 0.25) is 11.7 Å². The van der Waals surface area contributed by atoms with E-state index in [1.54, 1.807) is 21.0 Å².